The van der Waals surface area contributed by atoms with E-state index in [4.69, 9.17) is 11.6 Å². The molecule has 0 unspecified atom stereocenters. The molecule has 2 amide bonds. The first-order valence-corrected chi connectivity index (χ1v) is 9.35. The van der Waals surface area contributed by atoms with Crippen molar-refractivity contribution in [2.75, 3.05) is 0 Å². The molecule has 0 atom stereocenters. The average molecular weight is 420 g/mol. The van der Waals surface area contributed by atoms with Gasteiger partial charge < -0.3 is 10.6 Å². The fourth-order valence-corrected chi connectivity index (χ4v) is 3.15. The van der Waals surface area contributed by atoms with Crippen molar-refractivity contribution in [3.8, 4) is 0 Å². The number of halogens is 2. The highest BCUT2D eigenvalue weighted by Crippen LogP contribution is 2.15. The van der Waals surface area contributed by atoms with Gasteiger partial charge in [-0.15, -0.1) is 11.3 Å². The molecule has 3 rings (SSSR count). The number of carbonyl (C=O) groups is 2. The van der Waals surface area contributed by atoms with Crippen LogP contribution in [0.15, 0.2) is 36.8 Å². The van der Waals surface area contributed by atoms with Crippen molar-refractivity contribution in [1.82, 2.24) is 25.6 Å². The molecule has 0 spiro atoms. The van der Waals surface area contributed by atoms with Crippen LogP contribution in [-0.2, 0) is 13.1 Å². The Kier molecular flexibility index (Phi) is 6.27. The minimum Gasteiger partial charge on any atom is -0.346 e. The molecule has 0 bridgehead atoms. The number of nitrogens with zero attached hydrogens (tertiary/aromatic N) is 3. The molecule has 0 aliphatic rings. The summed E-state index contributed by atoms with van der Waals surface area (Å²) in [6.45, 7) is 2.27. The number of thiazole rings is 1. The predicted octanol–water partition coefficient (Wildman–Crippen LogP) is 2.89. The van der Waals surface area contributed by atoms with Crippen LogP contribution in [0.3, 0.4) is 0 Å². The summed E-state index contributed by atoms with van der Waals surface area (Å²) in [5.74, 6) is -1.66. The Morgan fingerprint density at radius 3 is 2.54 bits per heavy atom. The monoisotopic (exact) mass is 419 g/mol. The molecule has 7 nitrogen and oxygen atoms in total. The van der Waals surface area contributed by atoms with E-state index in [9.17, 15) is 14.0 Å². The van der Waals surface area contributed by atoms with Crippen LogP contribution in [0, 0.1) is 12.7 Å². The lowest BCUT2D eigenvalue weighted by Crippen LogP contribution is -2.26. The molecule has 0 saturated carbocycles. The number of nitrogens with one attached hydrogen (secondary N) is 2. The smallest absolute Gasteiger partial charge is 0.271 e. The third-order valence-corrected chi connectivity index (χ3v) is 4.78. The molecule has 10 heteroatoms. The molecular weight excluding hydrogens is 405 g/mol. The first kappa shape index (κ1) is 19.8. The third kappa shape index (κ3) is 5.08. The van der Waals surface area contributed by atoms with Gasteiger partial charge in [0.05, 0.1) is 41.7 Å². The number of aryl methyl sites for hydroxylation is 1. The highest BCUT2D eigenvalue weighted by molar-refractivity contribution is 7.11. The van der Waals surface area contributed by atoms with Gasteiger partial charge in [0.25, 0.3) is 11.8 Å². The Hall–Kier alpha value is -2.91. The minimum atomic E-state index is -0.670. The quantitative estimate of drug-likeness (QED) is 0.640. The fourth-order valence-electron chi connectivity index (χ4n) is 2.25. The number of amides is 2. The largest absolute Gasteiger partial charge is 0.346 e. The van der Waals surface area contributed by atoms with E-state index in [2.05, 4.69) is 25.6 Å². The summed E-state index contributed by atoms with van der Waals surface area (Å²) in [6.07, 6.45) is 4.40. The maximum absolute atomic E-state index is 13.7. The van der Waals surface area contributed by atoms with Crippen LogP contribution in [0.4, 0.5) is 4.39 Å². The lowest BCUT2D eigenvalue weighted by molar-refractivity contribution is 0.0936. The van der Waals surface area contributed by atoms with Crippen molar-refractivity contribution in [1.29, 1.82) is 0 Å². The summed E-state index contributed by atoms with van der Waals surface area (Å²) in [6, 6.07) is 3.73. The van der Waals surface area contributed by atoms with Crippen LogP contribution in [-0.4, -0.2) is 26.8 Å². The Morgan fingerprint density at radius 2 is 1.86 bits per heavy atom. The second-order valence-electron chi connectivity index (χ2n) is 5.73. The molecule has 28 heavy (non-hydrogen) atoms. The SMILES string of the molecule is Cc1ncc(CNC(=O)c2cnc(CNC(=O)c3cc(Cl)ccc3F)cn2)s1. The summed E-state index contributed by atoms with van der Waals surface area (Å²) < 4.78 is 13.7. The topological polar surface area (TPSA) is 96.9 Å². The first-order chi connectivity index (χ1) is 13.4. The Morgan fingerprint density at radius 1 is 1.07 bits per heavy atom. The number of benzene rings is 1. The van der Waals surface area contributed by atoms with Gasteiger partial charge in [0.2, 0.25) is 0 Å². The Bertz CT molecular complexity index is 1010. The summed E-state index contributed by atoms with van der Waals surface area (Å²) in [7, 11) is 0. The minimum absolute atomic E-state index is 0.0276. The molecule has 0 aliphatic carbocycles. The highest BCUT2D eigenvalue weighted by atomic mass is 35.5. The normalized spacial score (nSPS) is 10.5. The number of rotatable bonds is 6. The summed E-state index contributed by atoms with van der Waals surface area (Å²) in [5, 5.41) is 6.45. The second-order valence-corrected chi connectivity index (χ2v) is 7.48. The molecule has 2 aromatic heterocycles. The van der Waals surface area contributed by atoms with Crippen LogP contribution in [0.25, 0.3) is 0 Å². The lowest BCUT2D eigenvalue weighted by Gasteiger charge is -2.07. The molecule has 2 heterocycles. The van der Waals surface area contributed by atoms with Gasteiger partial charge in [-0.2, -0.15) is 0 Å². The van der Waals surface area contributed by atoms with Gasteiger partial charge >= 0.3 is 0 Å². The molecule has 0 radical (unpaired) electrons. The van der Waals surface area contributed by atoms with Gasteiger partial charge in [0.15, 0.2) is 0 Å². The van der Waals surface area contributed by atoms with Crippen LogP contribution < -0.4 is 10.6 Å². The van der Waals surface area contributed by atoms with Crippen LogP contribution in [0.1, 0.15) is 36.4 Å². The number of aromatic nitrogens is 3. The zero-order valence-electron chi connectivity index (χ0n) is 14.7. The predicted molar refractivity (Wildman–Crippen MR) is 103 cm³/mol. The molecule has 144 valence electrons. The van der Waals surface area contributed by atoms with Crippen molar-refractivity contribution >= 4 is 34.8 Å². The van der Waals surface area contributed by atoms with E-state index < -0.39 is 11.7 Å². The third-order valence-electron chi connectivity index (χ3n) is 3.63. The van der Waals surface area contributed by atoms with Gasteiger partial charge in [-0.05, 0) is 25.1 Å². The summed E-state index contributed by atoms with van der Waals surface area (Å²) in [5.41, 5.74) is 0.414. The van der Waals surface area contributed by atoms with E-state index in [0.717, 1.165) is 16.0 Å². The molecule has 1 aromatic carbocycles. The van der Waals surface area contributed by atoms with Gasteiger partial charge in [0.1, 0.15) is 11.5 Å². The van der Waals surface area contributed by atoms with E-state index in [1.54, 1.807) is 6.20 Å². The van der Waals surface area contributed by atoms with Crippen molar-refractivity contribution in [3.63, 3.8) is 0 Å². The zero-order valence-corrected chi connectivity index (χ0v) is 16.3. The standard InChI is InChI=1S/C18H15ClFN5O2S/c1-10-21-7-13(28-10)8-25-18(27)16-9-22-12(5-23-16)6-24-17(26)14-4-11(19)2-3-15(14)20/h2-5,7,9H,6,8H2,1H3,(H,24,26)(H,25,27). The molecule has 0 saturated heterocycles. The average Bonchev–Trinajstić information content (AvgIpc) is 3.11. The summed E-state index contributed by atoms with van der Waals surface area (Å²) >= 11 is 7.28. The second kappa shape index (κ2) is 8.85. The number of hydrogen-bond acceptors (Lipinski definition) is 6. The van der Waals surface area contributed by atoms with Gasteiger partial charge in [-0.25, -0.2) is 14.4 Å². The highest BCUT2D eigenvalue weighted by Gasteiger charge is 2.13. The van der Waals surface area contributed by atoms with Crippen molar-refractivity contribution in [2.45, 2.75) is 20.0 Å². The molecule has 0 aliphatic heterocycles. The van der Waals surface area contributed by atoms with E-state index in [-0.39, 0.29) is 28.7 Å². The Labute approximate surface area is 169 Å². The molecular formula is C18H15ClFN5O2S. The van der Waals surface area contributed by atoms with E-state index in [0.29, 0.717) is 12.2 Å². The first-order valence-electron chi connectivity index (χ1n) is 8.16. The van der Waals surface area contributed by atoms with E-state index in [1.807, 2.05) is 6.92 Å². The van der Waals surface area contributed by atoms with E-state index >= 15 is 0 Å². The number of hydrogen-bond donors (Lipinski definition) is 2. The van der Waals surface area contributed by atoms with Gasteiger partial charge in [0, 0.05) is 16.1 Å². The van der Waals surface area contributed by atoms with Crippen molar-refractivity contribution < 1.29 is 14.0 Å². The molecule has 3 aromatic rings. The van der Waals surface area contributed by atoms with Crippen molar-refractivity contribution in [2.24, 2.45) is 0 Å². The maximum Gasteiger partial charge on any atom is 0.271 e. The van der Waals surface area contributed by atoms with Crippen LogP contribution in [0.2, 0.25) is 5.02 Å². The van der Waals surface area contributed by atoms with Gasteiger partial charge in [-0.3, -0.25) is 14.6 Å². The maximum atomic E-state index is 13.7. The van der Waals surface area contributed by atoms with E-state index in [1.165, 1.54) is 35.9 Å². The van der Waals surface area contributed by atoms with Crippen LogP contribution in [0.5, 0.6) is 0 Å². The van der Waals surface area contributed by atoms with Gasteiger partial charge in [-0.1, -0.05) is 11.6 Å². The zero-order chi connectivity index (χ0) is 20.1. The van der Waals surface area contributed by atoms with Crippen LogP contribution >= 0.6 is 22.9 Å². The fraction of sp³-hybridized carbons (Fsp3) is 0.167. The molecule has 2 N–H and O–H groups in total. The van der Waals surface area contributed by atoms with Crippen molar-refractivity contribution in [3.05, 3.63) is 74.5 Å². The Balaban J connectivity index is 1.54. The lowest BCUT2D eigenvalue weighted by atomic mass is 10.2. The number of carbonyl (C=O) groups excluding carboxylic acids is 2. The summed E-state index contributed by atoms with van der Waals surface area (Å²) in [4.78, 5) is 37.4. The molecule has 0 fully saturated rings.